The monoisotopic (exact) mass is 496 g/mol. The number of aromatic nitrogens is 2. The van der Waals surface area contributed by atoms with E-state index in [1.807, 2.05) is 12.1 Å². The van der Waals surface area contributed by atoms with Gasteiger partial charge in [-0.1, -0.05) is 23.2 Å². The summed E-state index contributed by atoms with van der Waals surface area (Å²) in [4.78, 5) is 10.5. The van der Waals surface area contributed by atoms with E-state index in [0.29, 0.717) is 22.8 Å². The first-order chi connectivity index (χ1) is 15.1. The van der Waals surface area contributed by atoms with Crippen LogP contribution in [-0.4, -0.2) is 36.3 Å². The molecule has 6 nitrogen and oxygen atoms in total. The smallest absolute Gasteiger partial charge is 0.169 e. The predicted octanol–water partition coefficient (Wildman–Crippen LogP) is 5.76. The van der Waals surface area contributed by atoms with Gasteiger partial charge in [-0.25, -0.2) is 14.4 Å². The Morgan fingerprint density at radius 2 is 1.97 bits per heavy atom. The molecule has 1 fully saturated rings. The third-order valence-electron chi connectivity index (χ3n) is 5.55. The van der Waals surface area contributed by atoms with Crippen LogP contribution in [-0.2, 0) is 0 Å². The third kappa shape index (κ3) is 3.83. The van der Waals surface area contributed by atoms with Gasteiger partial charge in [0.15, 0.2) is 17.3 Å². The second-order valence-electron chi connectivity index (χ2n) is 7.36. The molecule has 0 aliphatic carbocycles. The van der Waals surface area contributed by atoms with Crippen molar-refractivity contribution in [3.05, 3.63) is 52.2 Å². The number of ether oxygens (including phenoxy) is 2. The van der Waals surface area contributed by atoms with Crippen molar-refractivity contribution >= 4 is 64.1 Å². The number of halogens is 4. The van der Waals surface area contributed by atoms with Gasteiger partial charge in [0, 0.05) is 17.8 Å². The summed E-state index contributed by atoms with van der Waals surface area (Å²) in [7, 11) is 1.61. The maximum absolute atomic E-state index is 14.9. The minimum absolute atomic E-state index is 0. The predicted molar refractivity (Wildman–Crippen MR) is 127 cm³/mol. The van der Waals surface area contributed by atoms with Gasteiger partial charge in [0.2, 0.25) is 0 Å². The number of rotatable bonds is 4. The molecule has 2 aromatic carbocycles. The van der Waals surface area contributed by atoms with Gasteiger partial charge < -0.3 is 14.8 Å². The quantitative estimate of drug-likeness (QED) is 0.463. The van der Waals surface area contributed by atoms with E-state index >= 15 is 0 Å². The lowest BCUT2D eigenvalue weighted by Crippen LogP contribution is -2.34. The maximum atomic E-state index is 14.9. The van der Waals surface area contributed by atoms with Crippen molar-refractivity contribution in [1.29, 1.82) is 0 Å². The number of methoxy groups -OCH3 is 1. The second kappa shape index (κ2) is 9.27. The van der Waals surface area contributed by atoms with E-state index in [0.717, 1.165) is 36.9 Å². The highest BCUT2D eigenvalue weighted by atomic mass is 35.5. The molecular formula is C22H20Cl3FN4O2. The van der Waals surface area contributed by atoms with Crippen molar-refractivity contribution in [3.63, 3.8) is 0 Å². The summed E-state index contributed by atoms with van der Waals surface area (Å²) >= 11 is 12.0. The van der Waals surface area contributed by atoms with E-state index in [4.69, 9.17) is 32.7 Å². The van der Waals surface area contributed by atoms with E-state index in [-0.39, 0.29) is 34.2 Å². The van der Waals surface area contributed by atoms with Crippen molar-refractivity contribution in [2.75, 3.05) is 25.1 Å². The SMILES string of the molecule is COc1cc2ncnc3c2c(c1OC1CCNCC1)C=CN3c1ccc(Cl)c(Cl)c1F.Cl. The summed E-state index contributed by atoms with van der Waals surface area (Å²) in [6.07, 6.45) is 6.93. The van der Waals surface area contributed by atoms with Crippen molar-refractivity contribution < 1.29 is 13.9 Å². The molecule has 2 aliphatic heterocycles. The zero-order chi connectivity index (χ0) is 21.5. The highest BCUT2D eigenvalue weighted by Crippen LogP contribution is 2.46. The van der Waals surface area contributed by atoms with E-state index in [1.54, 1.807) is 30.3 Å². The Morgan fingerprint density at radius 3 is 2.72 bits per heavy atom. The van der Waals surface area contributed by atoms with Crippen LogP contribution >= 0.6 is 35.6 Å². The molecule has 1 N–H and O–H groups in total. The van der Waals surface area contributed by atoms with Gasteiger partial charge in [0.25, 0.3) is 0 Å². The van der Waals surface area contributed by atoms with Gasteiger partial charge in [-0.15, -0.1) is 12.4 Å². The Morgan fingerprint density at radius 1 is 1.19 bits per heavy atom. The molecule has 3 heterocycles. The number of benzene rings is 2. The average molecular weight is 498 g/mol. The molecule has 0 spiro atoms. The average Bonchev–Trinajstić information content (AvgIpc) is 2.80. The molecule has 0 atom stereocenters. The van der Waals surface area contributed by atoms with Gasteiger partial charge in [-0.2, -0.15) is 0 Å². The molecule has 0 radical (unpaired) electrons. The molecule has 32 heavy (non-hydrogen) atoms. The number of nitrogens with one attached hydrogen (secondary N) is 1. The summed E-state index contributed by atoms with van der Waals surface area (Å²) in [5.41, 5.74) is 1.72. The number of hydrogen-bond donors (Lipinski definition) is 1. The van der Waals surface area contributed by atoms with Crippen molar-refractivity contribution in [1.82, 2.24) is 15.3 Å². The normalized spacial score (nSPS) is 15.6. The lowest BCUT2D eigenvalue weighted by Gasteiger charge is -2.29. The fraction of sp³-hybridized carbons (Fsp3) is 0.273. The van der Waals surface area contributed by atoms with Crippen LogP contribution in [0.4, 0.5) is 15.9 Å². The highest BCUT2D eigenvalue weighted by molar-refractivity contribution is 6.42. The van der Waals surface area contributed by atoms with E-state index in [2.05, 4.69) is 15.3 Å². The Kier molecular flexibility index (Phi) is 6.62. The Labute approximate surface area is 200 Å². The Hall–Kier alpha value is -2.32. The van der Waals surface area contributed by atoms with Gasteiger partial charge in [-0.05, 0) is 44.1 Å². The zero-order valence-electron chi connectivity index (χ0n) is 17.1. The molecule has 1 aromatic heterocycles. The number of anilines is 2. The van der Waals surface area contributed by atoms with Crippen LogP contribution in [0.25, 0.3) is 17.0 Å². The van der Waals surface area contributed by atoms with Crippen molar-refractivity contribution in [2.24, 2.45) is 0 Å². The van der Waals surface area contributed by atoms with Crippen LogP contribution in [0.3, 0.4) is 0 Å². The summed E-state index contributed by atoms with van der Waals surface area (Å²) < 4.78 is 26.9. The zero-order valence-corrected chi connectivity index (χ0v) is 19.4. The topological polar surface area (TPSA) is 59.5 Å². The van der Waals surface area contributed by atoms with E-state index in [9.17, 15) is 4.39 Å². The fourth-order valence-corrected chi connectivity index (χ4v) is 4.31. The molecule has 2 aliphatic rings. The summed E-state index contributed by atoms with van der Waals surface area (Å²) in [6, 6.07) is 4.95. The minimum Gasteiger partial charge on any atom is -0.493 e. The molecule has 0 bridgehead atoms. The molecule has 168 valence electrons. The molecule has 0 amide bonds. The molecule has 3 aromatic rings. The Bertz CT molecular complexity index is 1200. The maximum Gasteiger partial charge on any atom is 0.169 e. The molecule has 1 saturated heterocycles. The highest BCUT2D eigenvalue weighted by Gasteiger charge is 2.28. The lowest BCUT2D eigenvalue weighted by molar-refractivity contribution is 0.156. The lowest BCUT2D eigenvalue weighted by atomic mass is 10.0. The fourth-order valence-electron chi connectivity index (χ4n) is 4.00. The molecular weight excluding hydrogens is 478 g/mol. The first-order valence-electron chi connectivity index (χ1n) is 9.92. The van der Waals surface area contributed by atoms with E-state index in [1.165, 1.54) is 6.33 Å². The van der Waals surface area contributed by atoms with Crippen LogP contribution in [0.5, 0.6) is 11.5 Å². The summed E-state index contributed by atoms with van der Waals surface area (Å²) in [6.45, 7) is 1.81. The molecule has 5 rings (SSSR count). The van der Waals surface area contributed by atoms with Crippen LogP contribution in [0.2, 0.25) is 10.0 Å². The number of nitrogens with zero attached hydrogens (tertiary/aromatic N) is 3. The minimum atomic E-state index is -0.617. The summed E-state index contributed by atoms with van der Waals surface area (Å²) in [5.74, 6) is 1.15. The first-order valence-corrected chi connectivity index (χ1v) is 10.7. The first kappa shape index (κ1) is 22.9. The van der Waals surface area contributed by atoms with Crippen molar-refractivity contribution in [3.8, 4) is 11.5 Å². The number of hydrogen-bond acceptors (Lipinski definition) is 6. The van der Waals surface area contributed by atoms with Crippen LogP contribution in [0, 0.1) is 5.82 Å². The largest absolute Gasteiger partial charge is 0.493 e. The molecule has 0 unspecified atom stereocenters. The van der Waals surface area contributed by atoms with Crippen molar-refractivity contribution in [2.45, 2.75) is 18.9 Å². The third-order valence-corrected chi connectivity index (χ3v) is 6.33. The van der Waals surface area contributed by atoms with Gasteiger partial charge in [0.05, 0.1) is 33.7 Å². The van der Waals surface area contributed by atoms with Gasteiger partial charge >= 0.3 is 0 Å². The molecule has 0 saturated carbocycles. The van der Waals surface area contributed by atoms with Gasteiger partial charge in [0.1, 0.15) is 18.2 Å². The number of piperidine rings is 1. The van der Waals surface area contributed by atoms with Crippen LogP contribution in [0.1, 0.15) is 18.4 Å². The summed E-state index contributed by atoms with van der Waals surface area (Å²) in [5, 5.41) is 4.11. The van der Waals surface area contributed by atoms with Crippen LogP contribution < -0.4 is 19.7 Å². The Balaban J connectivity index is 0.00000245. The van der Waals surface area contributed by atoms with Crippen LogP contribution in [0.15, 0.2) is 30.7 Å². The molecule has 10 heteroatoms. The standard InChI is InChI=1S/C22H19Cl2FN4O2.ClH/c1-30-17-10-15-18-13(21(17)31-12-4-7-26-8-5-12)6-9-29(22(18)28-11-27-15)16-3-2-14(23)19(24)20(16)25;/h2-3,6,9-12,26H,4-5,7-8H2,1H3;1H. The second-order valence-corrected chi connectivity index (χ2v) is 8.15. The van der Waals surface area contributed by atoms with E-state index < -0.39 is 5.82 Å². The van der Waals surface area contributed by atoms with Gasteiger partial charge in [-0.3, -0.25) is 4.90 Å².